The van der Waals surface area contributed by atoms with E-state index in [1.165, 1.54) is 6.07 Å². The molecule has 1 aliphatic rings. The van der Waals surface area contributed by atoms with Gasteiger partial charge in [0.1, 0.15) is 17.3 Å². The summed E-state index contributed by atoms with van der Waals surface area (Å²) in [6, 6.07) is 6.28. The second kappa shape index (κ2) is 9.85. The van der Waals surface area contributed by atoms with Crippen molar-refractivity contribution >= 4 is 29.6 Å². The lowest BCUT2D eigenvalue weighted by atomic mass is 10.00. The van der Waals surface area contributed by atoms with Crippen molar-refractivity contribution in [1.29, 1.82) is 5.26 Å². The molecule has 0 amide bonds. The number of hydrogen-bond donors (Lipinski definition) is 1. The fraction of sp³-hybridized carbons (Fsp3) is 0.304. The zero-order chi connectivity index (χ0) is 22.4. The summed E-state index contributed by atoms with van der Waals surface area (Å²) in [5.41, 5.74) is 1.56. The number of nitrogens with zero attached hydrogens (tertiary/aromatic N) is 6. The third kappa shape index (κ3) is 4.89. The molecule has 1 N–H and O–H groups in total. The molecule has 1 atom stereocenters. The summed E-state index contributed by atoms with van der Waals surface area (Å²) in [5.74, 6) is 0.903. The lowest BCUT2D eigenvalue weighted by molar-refractivity contribution is 0.220. The minimum Gasteiger partial charge on any atom is -0.351 e. The van der Waals surface area contributed by atoms with Gasteiger partial charge in [-0.1, -0.05) is 39.1 Å². The van der Waals surface area contributed by atoms with Crippen LogP contribution in [0, 0.1) is 23.2 Å². The first-order chi connectivity index (χ1) is 15.0. The molecule has 1 fully saturated rings. The molecule has 1 aromatic carbocycles. The number of aliphatic imine (C=N–C) groups is 1. The van der Waals surface area contributed by atoms with E-state index in [-0.39, 0.29) is 17.6 Å². The van der Waals surface area contributed by atoms with E-state index in [1.807, 2.05) is 11.1 Å². The summed E-state index contributed by atoms with van der Waals surface area (Å²) >= 11 is 0. The summed E-state index contributed by atoms with van der Waals surface area (Å²) in [4.78, 5) is 17.7. The number of guanidine groups is 1. The van der Waals surface area contributed by atoms with Crippen LogP contribution in [0.3, 0.4) is 0 Å². The highest BCUT2D eigenvalue weighted by molar-refractivity contribution is 5.84. The Morgan fingerprint density at radius 3 is 2.68 bits per heavy atom. The Morgan fingerprint density at radius 2 is 2.03 bits per heavy atom. The maximum absolute atomic E-state index is 14.2. The normalized spacial score (nSPS) is 16.7. The molecular weight excluding hydrogens is 393 g/mol. The lowest BCUT2D eigenvalue weighted by Crippen LogP contribution is -2.59. The van der Waals surface area contributed by atoms with Crippen LogP contribution in [0.25, 0.3) is 12.2 Å². The molecule has 2 heterocycles. The van der Waals surface area contributed by atoms with E-state index in [2.05, 4.69) is 52.2 Å². The zero-order valence-corrected chi connectivity index (χ0v) is 17.8. The molecule has 0 radical (unpaired) electrons. The van der Waals surface area contributed by atoms with Gasteiger partial charge in [0, 0.05) is 19.6 Å². The first-order valence-electron chi connectivity index (χ1n) is 10.1. The van der Waals surface area contributed by atoms with Crippen LogP contribution >= 0.6 is 0 Å². The fourth-order valence-electron chi connectivity index (χ4n) is 3.58. The second-order valence-electron chi connectivity index (χ2n) is 7.48. The number of rotatable bonds is 5. The summed E-state index contributed by atoms with van der Waals surface area (Å²) in [6.45, 7) is 13.7. The highest BCUT2D eigenvalue weighted by Gasteiger charge is 2.32. The molecule has 0 aliphatic carbocycles. The van der Waals surface area contributed by atoms with Crippen molar-refractivity contribution in [1.82, 2.24) is 20.2 Å². The van der Waals surface area contributed by atoms with E-state index in [1.54, 1.807) is 36.5 Å². The van der Waals surface area contributed by atoms with Crippen molar-refractivity contribution in [2.24, 2.45) is 10.9 Å². The standard InChI is InChI=1S/C23H26FN7/c1-5-18-19(6-2)28-22(13-26-18)30-11-12-31(21(14-30)16(3)4)23(27-15-25)29-20-10-8-7-9-17(20)24/h5-10,13,16,21H,1-2,11-12,14H2,3-4H3,(H,27,29). The van der Waals surface area contributed by atoms with Crippen LogP contribution in [0.5, 0.6) is 0 Å². The molecule has 1 saturated heterocycles. The molecule has 160 valence electrons. The first kappa shape index (κ1) is 22.0. The third-order valence-corrected chi connectivity index (χ3v) is 5.23. The average molecular weight is 420 g/mol. The van der Waals surface area contributed by atoms with Gasteiger partial charge in [-0.05, 0) is 30.2 Å². The van der Waals surface area contributed by atoms with Gasteiger partial charge in [-0.2, -0.15) is 5.26 Å². The van der Waals surface area contributed by atoms with Crippen LogP contribution in [0.1, 0.15) is 25.2 Å². The molecule has 0 spiro atoms. The molecular formula is C23H26FN7. The summed E-state index contributed by atoms with van der Waals surface area (Å²) in [7, 11) is 0. The van der Waals surface area contributed by atoms with E-state index in [9.17, 15) is 9.65 Å². The van der Waals surface area contributed by atoms with Gasteiger partial charge >= 0.3 is 0 Å². The summed E-state index contributed by atoms with van der Waals surface area (Å²) < 4.78 is 14.2. The van der Waals surface area contributed by atoms with Crippen LogP contribution in [-0.4, -0.2) is 46.5 Å². The smallest absolute Gasteiger partial charge is 0.213 e. The van der Waals surface area contributed by atoms with Gasteiger partial charge in [-0.25, -0.2) is 14.4 Å². The SMILES string of the molecule is C=Cc1ncc(N2CCN(C(=Nc3ccccc3F)NC#N)C(C(C)C)C2)nc1C=C. The van der Waals surface area contributed by atoms with Crippen molar-refractivity contribution in [3.63, 3.8) is 0 Å². The Labute approximate surface area is 182 Å². The van der Waals surface area contributed by atoms with E-state index < -0.39 is 5.82 Å². The van der Waals surface area contributed by atoms with Crippen molar-refractivity contribution in [3.8, 4) is 6.19 Å². The van der Waals surface area contributed by atoms with Crippen molar-refractivity contribution < 1.29 is 4.39 Å². The number of piperazine rings is 1. The van der Waals surface area contributed by atoms with Gasteiger partial charge in [-0.15, -0.1) is 0 Å². The van der Waals surface area contributed by atoms with Crippen LogP contribution in [0.2, 0.25) is 0 Å². The molecule has 0 bridgehead atoms. The van der Waals surface area contributed by atoms with Gasteiger partial charge in [-0.3, -0.25) is 10.3 Å². The van der Waals surface area contributed by atoms with Crippen LogP contribution < -0.4 is 10.2 Å². The van der Waals surface area contributed by atoms with E-state index in [0.717, 1.165) is 5.82 Å². The first-order valence-corrected chi connectivity index (χ1v) is 10.1. The number of para-hydroxylation sites is 1. The van der Waals surface area contributed by atoms with Gasteiger partial charge < -0.3 is 9.80 Å². The van der Waals surface area contributed by atoms with Crippen molar-refractivity contribution in [3.05, 3.63) is 60.8 Å². The van der Waals surface area contributed by atoms with E-state index in [4.69, 9.17) is 0 Å². The molecule has 3 rings (SSSR count). The van der Waals surface area contributed by atoms with E-state index in [0.29, 0.717) is 37.0 Å². The predicted molar refractivity (Wildman–Crippen MR) is 122 cm³/mol. The second-order valence-corrected chi connectivity index (χ2v) is 7.48. The predicted octanol–water partition coefficient (Wildman–Crippen LogP) is 3.81. The number of aromatic nitrogens is 2. The van der Waals surface area contributed by atoms with Crippen molar-refractivity contribution in [2.45, 2.75) is 19.9 Å². The number of hydrogen-bond acceptors (Lipinski definition) is 5. The fourth-order valence-corrected chi connectivity index (χ4v) is 3.58. The zero-order valence-electron chi connectivity index (χ0n) is 17.8. The number of nitriles is 1. The Hall–Kier alpha value is -3.73. The largest absolute Gasteiger partial charge is 0.351 e. The molecule has 2 aromatic rings. The third-order valence-electron chi connectivity index (χ3n) is 5.23. The van der Waals surface area contributed by atoms with Gasteiger partial charge in [0.15, 0.2) is 6.19 Å². The monoisotopic (exact) mass is 419 g/mol. The van der Waals surface area contributed by atoms with Crippen LogP contribution in [-0.2, 0) is 0 Å². The molecule has 7 nitrogen and oxygen atoms in total. The lowest BCUT2D eigenvalue weighted by Gasteiger charge is -2.44. The molecule has 0 saturated carbocycles. The summed E-state index contributed by atoms with van der Waals surface area (Å²) in [5, 5.41) is 11.9. The Bertz CT molecular complexity index is 1020. The number of halogens is 1. The maximum Gasteiger partial charge on any atom is 0.213 e. The minimum absolute atomic E-state index is 0.0215. The Morgan fingerprint density at radius 1 is 1.29 bits per heavy atom. The highest BCUT2D eigenvalue weighted by Crippen LogP contribution is 2.24. The van der Waals surface area contributed by atoms with Gasteiger partial charge in [0.25, 0.3) is 0 Å². The Kier molecular flexibility index (Phi) is 6.98. The van der Waals surface area contributed by atoms with E-state index >= 15 is 0 Å². The quantitative estimate of drug-likeness (QED) is 0.344. The molecule has 8 heteroatoms. The molecule has 1 aromatic heterocycles. The minimum atomic E-state index is -0.436. The van der Waals surface area contributed by atoms with Gasteiger partial charge in [0.2, 0.25) is 5.96 Å². The molecule has 1 aliphatic heterocycles. The van der Waals surface area contributed by atoms with Crippen LogP contribution in [0.4, 0.5) is 15.9 Å². The van der Waals surface area contributed by atoms with Crippen LogP contribution in [0.15, 0.2) is 48.6 Å². The number of benzene rings is 1. The summed E-state index contributed by atoms with van der Waals surface area (Å²) in [6.07, 6.45) is 6.99. The maximum atomic E-state index is 14.2. The van der Waals surface area contributed by atoms with Gasteiger partial charge in [0.05, 0.1) is 23.6 Å². The number of nitrogens with one attached hydrogen (secondary N) is 1. The topological polar surface area (TPSA) is 80.4 Å². The average Bonchev–Trinajstić information content (AvgIpc) is 2.79. The Balaban J connectivity index is 1.90. The molecule has 1 unspecified atom stereocenters. The highest BCUT2D eigenvalue weighted by atomic mass is 19.1. The van der Waals surface area contributed by atoms with Crippen molar-refractivity contribution in [2.75, 3.05) is 24.5 Å². The number of anilines is 1. The molecule has 31 heavy (non-hydrogen) atoms.